The molecule has 1 fully saturated rings. The van der Waals surface area contributed by atoms with Gasteiger partial charge in [0.25, 0.3) is 0 Å². The molecule has 0 spiro atoms. The van der Waals surface area contributed by atoms with Crippen molar-refractivity contribution in [1.82, 2.24) is 4.90 Å². The van der Waals surface area contributed by atoms with Crippen molar-refractivity contribution in [3.8, 4) is 5.75 Å². The second-order valence-electron chi connectivity index (χ2n) is 5.12. The number of hydrogen-bond acceptors (Lipinski definition) is 4. The maximum absolute atomic E-state index is 12.2. The summed E-state index contributed by atoms with van der Waals surface area (Å²) in [4.78, 5) is 27.4. The Kier molecular flexibility index (Phi) is 5.77. The largest absolute Gasteiger partial charge is 0.497 e. The van der Waals surface area contributed by atoms with Crippen LogP contribution in [0.5, 0.6) is 5.75 Å². The van der Waals surface area contributed by atoms with Crippen LogP contribution in [0.15, 0.2) is 24.3 Å². The summed E-state index contributed by atoms with van der Waals surface area (Å²) in [7, 11) is 1.58. The summed E-state index contributed by atoms with van der Waals surface area (Å²) in [5.74, 6) is 0.642. The summed E-state index contributed by atoms with van der Waals surface area (Å²) in [5.41, 5.74) is 0.738. The molecule has 2 amide bonds. The number of morpholine rings is 1. The highest BCUT2D eigenvalue weighted by atomic mass is 16.5. The van der Waals surface area contributed by atoms with E-state index in [9.17, 15) is 9.59 Å². The van der Waals surface area contributed by atoms with Crippen molar-refractivity contribution in [3.05, 3.63) is 24.3 Å². The minimum absolute atomic E-state index is 0.0532. The number of carbonyl (C=O) groups is 2. The molecule has 0 saturated carbocycles. The molecule has 1 aliphatic heterocycles. The second kappa shape index (κ2) is 7.79. The highest BCUT2D eigenvalue weighted by Gasteiger charge is 2.19. The third kappa shape index (κ3) is 4.21. The van der Waals surface area contributed by atoms with Crippen LogP contribution in [0.3, 0.4) is 0 Å². The lowest BCUT2D eigenvalue weighted by molar-refractivity contribution is -0.135. The summed E-state index contributed by atoms with van der Waals surface area (Å²) < 4.78 is 10.4. The van der Waals surface area contributed by atoms with Crippen LogP contribution >= 0.6 is 0 Å². The van der Waals surface area contributed by atoms with Crippen molar-refractivity contribution in [3.63, 3.8) is 0 Å². The summed E-state index contributed by atoms with van der Waals surface area (Å²) in [5, 5.41) is 0. The number of methoxy groups -OCH3 is 1. The number of carbonyl (C=O) groups excluding carboxylic acids is 2. The lowest BCUT2D eigenvalue weighted by Crippen LogP contribution is -2.42. The van der Waals surface area contributed by atoms with Gasteiger partial charge in [-0.3, -0.25) is 9.59 Å². The van der Waals surface area contributed by atoms with E-state index < -0.39 is 0 Å². The van der Waals surface area contributed by atoms with Gasteiger partial charge in [0, 0.05) is 44.7 Å². The first kappa shape index (κ1) is 16.3. The van der Waals surface area contributed by atoms with Gasteiger partial charge in [0.05, 0.1) is 20.3 Å². The predicted molar refractivity (Wildman–Crippen MR) is 83.0 cm³/mol. The van der Waals surface area contributed by atoms with E-state index in [2.05, 4.69) is 0 Å². The van der Waals surface area contributed by atoms with E-state index in [1.807, 2.05) is 18.2 Å². The number of benzene rings is 1. The molecular weight excluding hydrogens is 284 g/mol. The van der Waals surface area contributed by atoms with Crippen molar-refractivity contribution >= 4 is 17.5 Å². The molecule has 6 heteroatoms. The maximum Gasteiger partial charge on any atom is 0.224 e. The third-order valence-electron chi connectivity index (χ3n) is 3.66. The molecule has 0 unspecified atom stereocenters. The third-order valence-corrected chi connectivity index (χ3v) is 3.66. The van der Waals surface area contributed by atoms with Gasteiger partial charge < -0.3 is 19.3 Å². The van der Waals surface area contributed by atoms with E-state index >= 15 is 0 Å². The fourth-order valence-corrected chi connectivity index (χ4v) is 2.43. The Morgan fingerprint density at radius 3 is 2.68 bits per heavy atom. The van der Waals surface area contributed by atoms with E-state index in [1.165, 1.54) is 6.92 Å². The number of rotatable bonds is 5. The Morgan fingerprint density at radius 1 is 1.32 bits per heavy atom. The maximum atomic E-state index is 12.2. The molecule has 1 aromatic carbocycles. The minimum Gasteiger partial charge on any atom is -0.497 e. The van der Waals surface area contributed by atoms with Gasteiger partial charge in [0.2, 0.25) is 11.8 Å². The predicted octanol–water partition coefficient (Wildman–Crippen LogP) is 1.30. The van der Waals surface area contributed by atoms with E-state index in [-0.39, 0.29) is 11.8 Å². The van der Waals surface area contributed by atoms with Gasteiger partial charge in [0.15, 0.2) is 0 Å². The zero-order chi connectivity index (χ0) is 15.9. The average Bonchev–Trinajstić information content (AvgIpc) is 2.55. The fourth-order valence-electron chi connectivity index (χ4n) is 2.43. The lowest BCUT2D eigenvalue weighted by Gasteiger charge is -2.28. The first-order chi connectivity index (χ1) is 10.6. The summed E-state index contributed by atoms with van der Waals surface area (Å²) in [6, 6.07) is 7.28. The molecule has 0 bridgehead atoms. The number of ether oxygens (including phenoxy) is 2. The molecule has 1 heterocycles. The van der Waals surface area contributed by atoms with Crippen molar-refractivity contribution in [2.24, 2.45) is 0 Å². The van der Waals surface area contributed by atoms with Gasteiger partial charge in [-0.2, -0.15) is 0 Å². The molecule has 6 nitrogen and oxygen atoms in total. The van der Waals surface area contributed by atoms with Gasteiger partial charge in [-0.25, -0.2) is 0 Å². The second-order valence-corrected chi connectivity index (χ2v) is 5.12. The quantitative estimate of drug-likeness (QED) is 0.822. The molecule has 0 radical (unpaired) electrons. The Balaban J connectivity index is 1.99. The van der Waals surface area contributed by atoms with Crippen LogP contribution in [-0.4, -0.2) is 56.7 Å². The molecule has 0 atom stereocenters. The Hall–Kier alpha value is -2.08. The molecular formula is C16H22N2O4. The van der Waals surface area contributed by atoms with Crippen molar-refractivity contribution < 1.29 is 19.1 Å². The molecule has 0 N–H and O–H groups in total. The molecule has 2 rings (SSSR count). The summed E-state index contributed by atoms with van der Waals surface area (Å²) >= 11 is 0. The zero-order valence-corrected chi connectivity index (χ0v) is 13.1. The number of anilines is 1. The molecule has 1 aliphatic rings. The number of nitrogens with zero attached hydrogens (tertiary/aromatic N) is 2. The Morgan fingerprint density at radius 2 is 2.05 bits per heavy atom. The van der Waals surface area contributed by atoms with Crippen LogP contribution in [0.4, 0.5) is 5.69 Å². The minimum atomic E-state index is -0.0944. The van der Waals surface area contributed by atoms with E-state index in [1.54, 1.807) is 23.0 Å². The van der Waals surface area contributed by atoms with Gasteiger partial charge in [-0.05, 0) is 12.1 Å². The fraction of sp³-hybridized carbons (Fsp3) is 0.500. The van der Waals surface area contributed by atoms with E-state index in [0.29, 0.717) is 45.0 Å². The summed E-state index contributed by atoms with van der Waals surface area (Å²) in [6.45, 7) is 4.27. The van der Waals surface area contributed by atoms with Crippen molar-refractivity contribution in [2.45, 2.75) is 13.3 Å². The molecule has 0 aromatic heterocycles. The van der Waals surface area contributed by atoms with Crippen LogP contribution in [0.1, 0.15) is 13.3 Å². The summed E-state index contributed by atoms with van der Waals surface area (Å²) in [6.07, 6.45) is 0.302. The molecule has 1 saturated heterocycles. The van der Waals surface area contributed by atoms with Crippen LogP contribution in [-0.2, 0) is 14.3 Å². The number of hydrogen-bond donors (Lipinski definition) is 0. The van der Waals surface area contributed by atoms with Crippen molar-refractivity contribution in [1.29, 1.82) is 0 Å². The van der Waals surface area contributed by atoms with Crippen LogP contribution in [0.25, 0.3) is 0 Å². The first-order valence-electron chi connectivity index (χ1n) is 7.39. The topological polar surface area (TPSA) is 59.1 Å². The van der Waals surface area contributed by atoms with Crippen LogP contribution in [0, 0.1) is 0 Å². The Bertz CT molecular complexity index is 527. The lowest BCUT2D eigenvalue weighted by atomic mass is 10.2. The molecule has 120 valence electrons. The monoisotopic (exact) mass is 306 g/mol. The Labute approximate surface area is 130 Å². The van der Waals surface area contributed by atoms with Gasteiger partial charge in [0.1, 0.15) is 5.75 Å². The number of amides is 2. The highest BCUT2D eigenvalue weighted by Crippen LogP contribution is 2.21. The normalized spacial score (nSPS) is 14.5. The van der Waals surface area contributed by atoms with Gasteiger partial charge in [-0.15, -0.1) is 0 Å². The van der Waals surface area contributed by atoms with Gasteiger partial charge in [-0.1, -0.05) is 6.07 Å². The van der Waals surface area contributed by atoms with Gasteiger partial charge >= 0.3 is 0 Å². The molecule has 1 aromatic rings. The molecule has 22 heavy (non-hydrogen) atoms. The smallest absolute Gasteiger partial charge is 0.224 e. The average molecular weight is 306 g/mol. The first-order valence-corrected chi connectivity index (χ1v) is 7.39. The SMILES string of the molecule is COc1cccc(N(CCC(=O)N2CCOCC2)C(C)=O)c1. The van der Waals surface area contributed by atoms with E-state index in [0.717, 1.165) is 5.69 Å². The van der Waals surface area contributed by atoms with Crippen LogP contribution in [0.2, 0.25) is 0 Å². The molecule has 0 aliphatic carbocycles. The standard InChI is InChI=1S/C16H22N2O4/c1-13(19)18(14-4-3-5-15(12-14)21-2)7-6-16(20)17-8-10-22-11-9-17/h3-5,12H,6-11H2,1-2H3. The van der Waals surface area contributed by atoms with Crippen LogP contribution < -0.4 is 9.64 Å². The zero-order valence-electron chi connectivity index (χ0n) is 13.1. The van der Waals surface area contributed by atoms with Crippen molar-refractivity contribution in [2.75, 3.05) is 44.9 Å². The van der Waals surface area contributed by atoms with E-state index in [4.69, 9.17) is 9.47 Å². The highest BCUT2D eigenvalue weighted by molar-refractivity contribution is 5.92.